The summed E-state index contributed by atoms with van der Waals surface area (Å²) in [5, 5.41) is 5.65. The van der Waals surface area contributed by atoms with Crippen LogP contribution >= 0.6 is 0 Å². The molecular weight excluding hydrogens is 305 g/mol. The Labute approximate surface area is 135 Å². The molecule has 2 N–H and O–H groups in total. The molecule has 0 aromatic heterocycles. The molecule has 0 saturated heterocycles. The van der Waals surface area contributed by atoms with Crippen molar-refractivity contribution in [3.63, 3.8) is 0 Å². The third-order valence-corrected chi connectivity index (χ3v) is 3.16. The highest BCUT2D eigenvalue weighted by Crippen LogP contribution is 2.18. The number of alkyl halides is 3. The van der Waals surface area contributed by atoms with Gasteiger partial charge in [-0.15, -0.1) is 0 Å². The van der Waals surface area contributed by atoms with E-state index < -0.39 is 12.6 Å². The molecule has 23 heavy (non-hydrogen) atoms. The van der Waals surface area contributed by atoms with Crippen molar-refractivity contribution in [3.8, 4) is 0 Å². The van der Waals surface area contributed by atoms with Gasteiger partial charge in [-0.05, 0) is 25.5 Å². The van der Waals surface area contributed by atoms with Crippen molar-refractivity contribution < 1.29 is 13.2 Å². The van der Waals surface area contributed by atoms with E-state index in [-0.39, 0.29) is 6.54 Å². The number of anilines is 1. The average Bonchev–Trinajstić information content (AvgIpc) is 2.51. The minimum atomic E-state index is -4.15. The molecular formula is C16H25F3N4. The minimum absolute atomic E-state index is 0.167. The summed E-state index contributed by atoms with van der Waals surface area (Å²) < 4.78 is 36.4. The molecule has 0 aliphatic rings. The first-order valence-corrected chi connectivity index (χ1v) is 7.77. The van der Waals surface area contributed by atoms with Gasteiger partial charge in [-0.3, -0.25) is 4.99 Å². The van der Waals surface area contributed by atoms with Gasteiger partial charge in [-0.2, -0.15) is 13.2 Å². The van der Waals surface area contributed by atoms with E-state index in [1.165, 1.54) is 0 Å². The highest BCUT2D eigenvalue weighted by Gasteiger charge is 2.26. The number of aliphatic imine (C=N–C) groups is 1. The highest BCUT2D eigenvalue weighted by atomic mass is 19.4. The van der Waals surface area contributed by atoms with Crippen molar-refractivity contribution in [1.29, 1.82) is 0 Å². The second-order valence-electron chi connectivity index (χ2n) is 5.16. The lowest BCUT2D eigenvalue weighted by Gasteiger charge is -2.18. The van der Waals surface area contributed by atoms with Crippen molar-refractivity contribution >= 4 is 11.6 Å². The normalized spacial score (nSPS) is 12.1. The third kappa shape index (κ3) is 8.95. The lowest BCUT2D eigenvalue weighted by Crippen LogP contribution is -2.39. The molecule has 1 rings (SSSR count). The number of guanidine groups is 1. The minimum Gasteiger partial charge on any atom is -0.375 e. The number of rotatable bonds is 8. The summed E-state index contributed by atoms with van der Waals surface area (Å²) in [6.45, 7) is 3.71. The van der Waals surface area contributed by atoms with E-state index in [0.717, 1.165) is 18.7 Å². The lowest BCUT2D eigenvalue weighted by molar-refractivity contribution is -0.132. The molecule has 0 saturated carbocycles. The fourth-order valence-electron chi connectivity index (χ4n) is 1.97. The molecule has 4 nitrogen and oxygen atoms in total. The van der Waals surface area contributed by atoms with Gasteiger partial charge in [0.15, 0.2) is 5.96 Å². The number of halogens is 3. The van der Waals surface area contributed by atoms with Gasteiger partial charge in [-0.25, -0.2) is 0 Å². The highest BCUT2D eigenvalue weighted by molar-refractivity contribution is 5.79. The zero-order valence-electron chi connectivity index (χ0n) is 13.7. The molecule has 0 heterocycles. The Bertz CT molecular complexity index is 460. The predicted octanol–water partition coefficient (Wildman–Crippen LogP) is 3.02. The number of para-hydroxylation sites is 1. The number of hydrogen-bond donors (Lipinski definition) is 2. The van der Waals surface area contributed by atoms with E-state index in [0.29, 0.717) is 19.0 Å². The lowest BCUT2D eigenvalue weighted by atomic mass is 10.3. The fourth-order valence-corrected chi connectivity index (χ4v) is 1.97. The van der Waals surface area contributed by atoms with E-state index in [2.05, 4.69) is 20.5 Å². The second-order valence-corrected chi connectivity index (χ2v) is 5.16. The summed E-state index contributed by atoms with van der Waals surface area (Å²) in [5.74, 6) is 0.430. The van der Waals surface area contributed by atoms with Crippen LogP contribution in [0.3, 0.4) is 0 Å². The van der Waals surface area contributed by atoms with E-state index in [9.17, 15) is 13.2 Å². The Kier molecular flexibility index (Phi) is 8.29. The topological polar surface area (TPSA) is 39.7 Å². The van der Waals surface area contributed by atoms with Gasteiger partial charge >= 0.3 is 6.18 Å². The number of nitrogens with zero attached hydrogens (tertiary/aromatic N) is 2. The Morgan fingerprint density at radius 1 is 1.17 bits per heavy atom. The Morgan fingerprint density at radius 3 is 2.48 bits per heavy atom. The summed E-state index contributed by atoms with van der Waals surface area (Å²) in [7, 11) is 2.01. The zero-order valence-corrected chi connectivity index (χ0v) is 13.7. The van der Waals surface area contributed by atoms with Crippen molar-refractivity contribution in [3.05, 3.63) is 30.3 Å². The first-order valence-electron chi connectivity index (χ1n) is 7.77. The molecule has 0 fully saturated rings. The Morgan fingerprint density at radius 2 is 1.87 bits per heavy atom. The number of hydrogen-bond acceptors (Lipinski definition) is 2. The van der Waals surface area contributed by atoms with Crippen LogP contribution in [0.15, 0.2) is 35.3 Å². The molecule has 7 heteroatoms. The maximum absolute atomic E-state index is 12.1. The van der Waals surface area contributed by atoms with Crippen LogP contribution in [0, 0.1) is 0 Å². The van der Waals surface area contributed by atoms with Crippen molar-refractivity contribution in [2.45, 2.75) is 25.9 Å². The molecule has 0 spiro atoms. The molecule has 1 aromatic carbocycles. The van der Waals surface area contributed by atoms with E-state index in [1.807, 2.05) is 44.3 Å². The van der Waals surface area contributed by atoms with E-state index in [4.69, 9.17) is 0 Å². The molecule has 0 aliphatic heterocycles. The van der Waals surface area contributed by atoms with Gasteiger partial charge in [0.1, 0.15) is 0 Å². The van der Waals surface area contributed by atoms with Gasteiger partial charge in [-0.1, -0.05) is 18.2 Å². The van der Waals surface area contributed by atoms with Crippen LogP contribution in [0.5, 0.6) is 0 Å². The van der Waals surface area contributed by atoms with Crippen LogP contribution in [-0.2, 0) is 0 Å². The van der Waals surface area contributed by atoms with Gasteiger partial charge in [0, 0.05) is 38.9 Å². The third-order valence-electron chi connectivity index (χ3n) is 3.16. The van der Waals surface area contributed by atoms with Crippen LogP contribution in [0.4, 0.5) is 18.9 Å². The van der Waals surface area contributed by atoms with Crippen LogP contribution in [-0.4, -0.2) is 45.4 Å². The van der Waals surface area contributed by atoms with Crippen LogP contribution in [0.1, 0.15) is 19.8 Å². The predicted molar refractivity (Wildman–Crippen MR) is 89.0 cm³/mol. The van der Waals surface area contributed by atoms with Crippen molar-refractivity contribution in [2.24, 2.45) is 4.99 Å². The monoisotopic (exact) mass is 330 g/mol. The maximum Gasteiger partial charge on any atom is 0.390 e. The number of nitrogens with one attached hydrogen (secondary N) is 2. The molecule has 130 valence electrons. The van der Waals surface area contributed by atoms with Crippen molar-refractivity contribution in [2.75, 3.05) is 38.1 Å². The fraction of sp³-hybridized carbons (Fsp3) is 0.562. The average molecular weight is 330 g/mol. The first-order chi connectivity index (χ1) is 10.9. The second kappa shape index (κ2) is 9.97. The van der Waals surface area contributed by atoms with Crippen LogP contribution in [0.25, 0.3) is 0 Å². The molecule has 1 aromatic rings. The van der Waals surface area contributed by atoms with Gasteiger partial charge < -0.3 is 15.5 Å². The summed E-state index contributed by atoms with van der Waals surface area (Å²) in [6.07, 6.45) is -4.20. The molecule has 0 atom stereocenters. The Hall–Kier alpha value is -1.92. The summed E-state index contributed by atoms with van der Waals surface area (Å²) >= 11 is 0. The first kappa shape index (κ1) is 19.1. The summed E-state index contributed by atoms with van der Waals surface area (Å²) in [5.41, 5.74) is 1.13. The summed E-state index contributed by atoms with van der Waals surface area (Å²) in [6, 6.07) is 10.0. The summed E-state index contributed by atoms with van der Waals surface area (Å²) in [4.78, 5) is 6.42. The molecule has 0 radical (unpaired) electrons. The molecule has 0 unspecified atom stereocenters. The Balaban J connectivity index is 2.33. The molecule has 0 aliphatic carbocycles. The maximum atomic E-state index is 12.1. The van der Waals surface area contributed by atoms with Crippen LogP contribution in [0.2, 0.25) is 0 Å². The molecule has 0 amide bonds. The smallest absolute Gasteiger partial charge is 0.375 e. The van der Waals surface area contributed by atoms with Crippen LogP contribution < -0.4 is 15.5 Å². The van der Waals surface area contributed by atoms with Gasteiger partial charge in [0.2, 0.25) is 0 Å². The van der Waals surface area contributed by atoms with Gasteiger partial charge in [0.05, 0.1) is 6.42 Å². The zero-order chi connectivity index (χ0) is 17.1. The van der Waals surface area contributed by atoms with Gasteiger partial charge in [0.25, 0.3) is 0 Å². The molecule has 0 bridgehead atoms. The largest absolute Gasteiger partial charge is 0.390 e. The van der Waals surface area contributed by atoms with Crippen molar-refractivity contribution in [1.82, 2.24) is 10.6 Å². The quantitative estimate of drug-likeness (QED) is 0.437. The standard InChI is InChI=1S/C16H25F3N4/c1-3-20-15(22-12-10-16(17,18)19)21-11-7-13-23(2)14-8-5-4-6-9-14/h4-6,8-9H,3,7,10-13H2,1-2H3,(H2,20,21,22). The SMILES string of the molecule is CCNC(=NCCCN(C)c1ccccc1)NCCC(F)(F)F. The van der Waals surface area contributed by atoms with E-state index in [1.54, 1.807) is 0 Å². The van der Waals surface area contributed by atoms with E-state index >= 15 is 0 Å². The number of benzene rings is 1.